The third-order valence-corrected chi connectivity index (χ3v) is 5.02. The Bertz CT molecular complexity index is 476. The van der Waals surface area contributed by atoms with Gasteiger partial charge in [0.05, 0.1) is 6.42 Å². The summed E-state index contributed by atoms with van der Waals surface area (Å²) in [7, 11) is 3.34. The van der Waals surface area contributed by atoms with Crippen LogP contribution in [0.1, 0.15) is 56.9 Å². The van der Waals surface area contributed by atoms with Gasteiger partial charge in [0.2, 0.25) is 0 Å². The molecule has 24 heavy (non-hydrogen) atoms. The summed E-state index contributed by atoms with van der Waals surface area (Å²) in [6, 6.07) is 9.72. The lowest BCUT2D eigenvalue weighted by Crippen LogP contribution is -2.37. The predicted octanol–water partition coefficient (Wildman–Crippen LogP) is 4.47. The van der Waals surface area contributed by atoms with Crippen molar-refractivity contribution < 1.29 is 19.0 Å². The van der Waals surface area contributed by atoms with Gasteiger partial charge in [-0.05, 0) is 11.5 Å². The van der Waals surface area contributed by atoms with Crippen LogP contribution in [0, 0.1) is 5.92 Å². The highest BCUT2D eigenvalue weighted by Gasteiger charge is 2.34. The van der Waals surface area contributed by atoms with Crippen LogP contribution in [0.5, 0.6) is 0 Å². The van der Waals surface area contributed by atoms with E-state index in [0.717, 1.165) is 12.0 Å². The molecule has 1 aliphatic rings. The number of carbonyl (C=O) groups excluding carboxylic acids is 1. The fourth-order valence-corrected chi connectivity index (χ4v) is 3.49. The van der Waals surface area contributed by atoms with Crippen molar-refractivity contribution in [3.63, 3.8) is 0 Å². The Balaban J connectivity index is 1.79. The van der Waals surface area contributed by atoms with E-state index >= 15 is 0 Å². The molecule has 1 fully saturated rings. The molecular formula is C20H30O4. The van der Waals surface area contributed by atoms with Crippen LogP contribution in [-0.2, 0) is 25.6 Å². The molecule has 1 saturated carbocycles. The summed E-state index contributed by atoms with van der Waals surface area (Å²) in [6.07, 6.45) is 8.05. The van der Waals surface area contributed by atoms with E-state index in [4.69, 9.17) is 14.2 Å². The first-order valence-corrected chi connectivity index (χ1v) is 8.97. The second kappa shape index (κ2) is 9.80. The molecule has 1 aromatic carbocycles. The van der Waals surface area contributed by atoms with E-state index in [1.54, 1.807) is 14.2 Å². The minimum absolute atomic E-state index is 0.207. The standard InChI is InChI=1S/C20H30O4/c1-22-20(23-2,15-17-9-5-3-6-10-17)14-13-19(21)24-16-18-11-7-4-8-12-18/h4,7-8,11-12,17H,3,5-6,9-10,13-16H2,1-2H3. The maximum Gasteiger partial charge on any atom is 0.306 e. The molecule has 1 aliphatic carbocycles. The van der Waals surface area contributed by atoms with E-state index in [1.165, 1.54) is 32.1 Å². The normalized spacial score (nSPS) is 16.1. The summed E-state index contributed by atoms with van der Waals surface area (Å²) in [5.41, 5.74) is 0.998. The number of hydrogen-bond donors (Lipinski definition) is 0. The second-order valence-electron chi connectivity index (χ2n) is 6.67. The average Bonchev–Trinajstić information content (AvgIpc) is 2.65. The molecule has 0 spiro atoms. The van der Waals surface area contributed by atoms with E-state index in [-0.39, 0.29) is 5.97 Å². The molecule has 1 aromatic rings. The van der Waals surface area contributed by atoms with Gasteiger partial charge in [0, 0.05) is 27.1 Å². The minimum atomic E-state index is -0.673. The Labute approximate surface area is 145 Å². The zero-order valence-corrected chi connectivity index (χ0v) is 15.0. The number of esters is 1. The number of rotatable bonds is 9. The topological polar surface area (TPSA) is 44.8 Å². The van der Waals surface area contributed by atoms with E-state index in [0.29, 0.717) is 25.4 Å². The van der Waals surface area contributed by atoms with Gasteiger partial charge in [-0.1, -0.05) is 62.4 Å². The first kappa shape index (κ1) is 18.9. The molecule has 4 heteroatoms. The molecule has 0 heterocycles. The van der Waals surface area contributed by atoms with Gasteiger partial charge in [-0.25, -0.2) is 0 Å². The largest absolute Gasteiger partial charge is 0.461 e. The van der Waals surface area contributed by atoms with Crippen molar-refractivity contribution in [1.82, 2.24) is 0 Å². The van der Waals surface area contributed by atoms with Crippen LogP contribution in [0.15, 0.2) is 30.3 Å². The highest BCUT2D eigenvalue weighted by atomic mass is 16.7. The Morgan fingerprint density at radius 3 is 2.38 bits per heavy atom. The molecular weight excluding hydrogens is 304 g/mol. The first-order valence-electron chi connectivity index (χ1n) is 8.97. The molecule has 4 nitrogen and oxygen atoms in total. The minimum Gasteiger partial charge on any atom is -0.461 e. The highest BCUT2D eigenvalue weighted by Crippen LogP contribution is 2.34. The van der Waals surface area contributed by atoms with Gasteiger partial charge in [0.25, 0.3) is 0 Å². The molecule has 0 bridgehead atoms. The van der Waals surface area contributed by atoms with Gasteiger partial charge in [-0.15, -0.1) is 0 Å². The van der Waals surface area contributed by atoms with Gasteiger partial charge >= 0.3 is 5.97 Å². The van der Waals surface area contributed by atoms with E-state index < -0.39 is 5.79 Å². The summed E-state index contributed by atoms with van der Waals surface area (Å²) in [4.78, 5) is 12.1. The Morgan fingerprint density at radius 2 is 1.75 bits per heavy atom. The number of methoxy groups -OCH3 is 2. The molecule has 0 amide bonds. The maximum absolute atomic E-state index is 12.1. The quantitative estimate of drug-likeness (QED) is 0.494. The fourth-order valence-electron chi connectivity index (χ4n) is 3.49. The zero-order chi connectivity index (χ0) is 17.3. The smallest absolute Gasteiger partial charge is 0.306 e. The summed E-state index contributed by atoms with van der Waals surface area (Å²) in [5.74, 6) is -0.256. The third kappa shape index (κ3) is 5.91. The first-order chi connectivity index (χ1) is 11.7. The van der Waals surface area contributed by atoms with Crippen LogP contribution in [0.2, 0.25) is 0 Å². The van der Waals surface area contributed by atoms with Gasteiger partial charge in [-0.3, -0.25) is 4.79 Å². The van der Waals surface area contributed by atoms with Crippen molar-refractivity contribution in [2.75, 3.05) is 14.2 Å². The number of benzene rings is 1. The third-order valence-electron chi connectivity index (χ3n) is 5.02. The van der Waals surface area contributed by atoms with Crippen molar-refractivity contribution in [2.45, 2.75) is 63.8 Å². The monoisotopic (exact) mass is 334 g/mol. The molecule has 0 aromatic heterocycles. The van der Waals surface area contributed by atoms with Gasteiger partial charge in [-0.2, -0.15) is 0 Å². The molecule has 0 atom stereocenters. The second-order valence-corrected chi connectivity index (χ2v) is 6.67. The molecule has 0 saturated heterocycles. The van der Waals surface area contributed by atoms with Gasteiger partial charge in [0.1, 0.15) is 6.61 Å². The zero-order valence-electron chi connectivity index (χ0n) is 15.0. The van der Waals surface area contributed by atoms with Crippen LogP contribution in [0.3, 0.4) is 0 Å². The van der Waals surface area contributed by atoms with Crippen molar-refractivity contribution >= 4 is 5.97 Å². The Hall–Kier alpha value is -1.39. The molecule has 0 unspecified atom stereocenters. The molecule has 0 aliphatic heterocycles. The summed E-state index contributed by atoms with van der Waals surface area (Å²) < 4.78 is 16.7. The van der Waals surface area contributed by atoms with Crippen LogP contribution in [-0.4, -0.2) is 26.0 Å². The summed E-state index contributed by atoms with van der Waals surface area (Å²) in [5, 5.41) is 0. The maximum atomic E-state index is 12.1. The summed E-state index contributed by atoms with van der Waals surface area (Å²) in [6.45, 7) is 0.315. The highest BCUT2D eigenvalue weighted by molar-refractivity contribution is 5.69. The van der Waals surface area contributed by atoms with E-state index in [2.05, 4.69) is 0 Å². The van der Waals surface area contributed by atoms with Crippen LogP contribution in [0.25, 0.3) is 0 Å². The lowest BCUT2D eigenvalue weighted by atomic mass is 9.83. The molecule has 134 valence electrons. The number of hydrogen-bond acceptors (Lipinski definition) is 4. The van der Waals surface area contributed by atoms with Crippen molar-refractivity contribution in [3.05, 3.63) is 35.9 Å². The Morgan fingerprint density at radius 1 is 1.08 bits per heavy atom. The van der Waals surface area contributed by atoms with Crippen molar-refractivity contribution in [1.29, 1.82) is 0 Å². The van der Waals surface area contributed by atoms with Crippen molar-refractivity contribution in [2.24, 2.45) is 5.92 Å². The Kier molecular flexibility index (Phi) is 7.73. The van der Waals surface area contributed by atoms with Crippen molar-refractivity contribution in [3.8, 4) is 0 Å². The fraction of sp³-hybridized carbons (Fsp3) is 0.650. The molecule has 0 N–H and O–H groups in total. The molecule has 2 rings (SSSR count). The summed E-state index contributed by atoms with van der Waals surface area (Å²) >= 11 is 0. The SMILES string of the molecule is COC(CCC(=O)OCc1ccccc1)(CC1CCCCC1)OC. The van der Waals surface area contributed by atoms with Gasteiger partial charge in [0.15, 0.2) is 5.79 Å². The molecule has 0 radical (unpaired) electrons. The lowest BCUT2D eigenvalue weighted by molar-refractivity contribution is -0.224. The van der Waals surface area contributed by atoms with Crippen LogP contribution < -0.4 is 0 Å². The predicted molar refractivity (Wildman–Crippen MR) is 93.4 cm³/mol. The van der Waals surface area contributed by atoms with Gasteiger partial charge < -0.3 is 14.2 Å². The number of carbonyl (C=O) groups is 1. The van der Waals surface area contributed by atoms with E-state index in [1.807, 2.05) is 30.3 Å². The van der Waals surface area contributed by atoms with Crippen LogP contribution in [0.4, 0.5) is 0 Å². The van der Waals surface area contributed by atoms with Crippen LogP contribution >= 0.6 is 0 Å². The average molecular weight is 334 g/mol. The van der Waals surface area contributed by atoms with E-state index in [9.17, 15) is 4.79 Å². The lowest BCUT2D eigenvalue weighted by Gasteiger charge is -2.35. The number of ether oxygens (including phenoxy) is 3.